The van der Waals surface area contributed by atoms with Crippen LogP contribution >= 0.6 is 11.6 Å². The molecule has 1 aromatic heterocycles. The van der Waals surface area contributed by atoms with Gasteiger partial charge >= 0.3 is 0 Å². The lowest BCUT2D eigenvalue weighted by atomic mass is 10.2. The number of hydrogen-bond acceptors (Lipinski definition) is 4. The second kappa shape index (κ2) is 6.75. The van der Waals surface area contributed by atoms with Crippen LogP contribution in [0.1, 0.15) is 18.4 Å². The van der Waals surface area contributed by atoms with Crippen molar-refractivity contribution in [2.45, 2.75) is 6.92 Å². The van der Waals surface area contributed by atoms with Crippen LogP contribution in [0.3, 0.4) is 0 Å². The van der Waals surface area contributed by atoms with Crippen LogP contribution in [0.4, 0.5) is 0 Å². The van der Waals surface area contributed by atoms with Gasteiger partial charge in [0.05, 0.1) is 13.7 Å². The van der Waals surface area contributed by atoms with Gasteiger partial charge in [-0.3, -0.25) is 0 Å². The van der Waals surface area contributed by atoms with Crippen molar-refractivity contribution in [1.82, 2.24) is 4.98 Å². The number of fused-ring (bicyclic) bond motifs is 1. The Morgan fingerprint density at radius 2 is 2.00 bits per heavy atom. The highest BCUT2D eigenvalue weighted by Crippen LogP contribution is 2.29. The molecule has 0 amide bonds. The van der Waals surface area contributed by atoms with Gasteiger partial charge in [0, 0.05) is 11.1 Å². The number of nitrogens with zero attached hydrogens (tertiary/aromatic N) is 1. The number of ether oxygens (including phenoxy) is 2. The van der Waals surface area contributed by atoms with Crippen LogP contribution in [0.5, 0.6) is 11.5 Å². The predicted molar refractivity (Wildman–Crippen MR) is 92.1 cm³/mol. The average molecular weight is 330 g/mol. The maximum atomic E-state index is 5.95. The van der Waals surface area contributed by atoms with Crippen LogP contribution in [0.25, 0.3) is 23.3 Å². The van der Waals surface area contributed by atoms with Gasteiger partial charge in [-0.25, -0.2) is 4.98 Å². The number of halogens is 1. The minimum absolute atomic E-state index is 0.523. The zero-order valence-electron chi connectivity index (χ0n) is 12.9. The SMILES string of the molecule is CCOc1ccc(/C=C/c2nc3cc(Cl)ccc3o2)cc1OC. The van der Waals surface area contributed by atoms with Gasteiger partial charge in [0.15, 0.2) is 17.1 Å². The number of benzene rings is 2. The van der Waals surface area contributed by atoms with E-state index in [0.29, 0.717) is 28.9 Å². The topological polar surface area (TPSA) is 44.5 Å². The lowest BCUT2D eigenvalue weighted by molar-refractivity contribution is 0.311. The number of methoxy groups -OCH3 is 1. The van der Waals surface area contributed by atoms with E-state index >= 15 is 0 Å². The second-order valence-electron chi connectivity index (χ2n) is 4.84. The van der Waals surface area contributed by atoms with Crippen LogP contribution in [0.2, 0.25) is 5.02 Å². The molecule has 0 unspecified atom stereocenters. The lowest BCUT2D eigenvalue weighted by Crippen LogP contribution is -1.95. The van der Waals surface area contributed by atoms with Gasteiger partial charge in [-0.15, -0.1) is 0 Å². The molecule has 0 saturated carbocycles. The quantitative estimate of drug-likeness (QED) is 0.656. The zero-order valence-corrected chi connectivity index (χ0v) is 13.6. The summed E-state index contributed by atoms with van der Waals surface area (Å²) in [6.07, 6.45) is 3.72. The molecule has 0 aliphatic heterocycles. The number of aromatic nitrogens is 1. The molecule has 0 aliphatic rings. The van der Waals surface area contributed by atoms with E-state index in [1.165, 1.54) is 0 Å². The van der Waals surface area contributed by atoms with Crippen molar-refractivity contribution in [3.8, 4) is 11.5 Å². The molecule has 4 nitrogen and oxygen atoms in total. The molecule has 0 spiro atoms. The van der Waals surface area contributed by atoms with E-state index < -0.39 is 0 Å². The summed E-state index contributed by atoms with van der Waals surface area (Å²) in [5.74, 6) is 1.94. The summed E-state index contributed by atoms with van der Waals surface area (Å²) in [5, 5.41) is 0.637. The van der Waals surface area contributed by atoms with Gasteiger partial charge in [0.1, 0.15) is 5.52 Å². The molecular weight excluding hydrogens is 314 g/mol. The molecule has 23 heavy (non-hydrogen) atoms. The summed E-state index contributed by atoms with van der Waals surface area (Å²) in [6, 6.07) is 11.1. The Morgan fingerprint density at radius 3 is 2.78 bits per heavy atom. The zero-order chi connectivity index (χ0) is 16.2. The first-order valence-electron chi connectivity index (χ1n) is 7.24. The standard InChI is InChI=1S/C18H16ClNO3/c1-3-22-16-7-4-12(10-17(16)21-2)5-9-18-20-14-11-13(19)6-8-15(14)23-18/h4-11H,3H2,1-2H3/b9-5+. The Bertz CT molecular complexity index is 855. The maximum Gasteiger partial charge on any atom is 0.220 e. The van der Waals surface area contributed by atoms with Crippen LogP contribution < -0.4 is 9.47 Å². The third kappa shape index (κ3) is 3.48. The molecule has 5 heteroatoms. The van der Waals surface area contributed by atoms with Gasteiger partial charge in [-0.05, 0) is 48.9 Å². The summed E-state index contributed by atoms with van der Waals surface area (Å²) in [6.45, 7) is 2.53. The van der Waals surface area contributed by atoms with Crippen molar-refractivity contribution >= 4 is 34.9 Å². The van der Waals surface area contributed by atoms with Crippen LogP contribution in [-0.4, -0.2) is 18.7 Å². The monoisotopic (exact) mass is 329 g/mol. The van der Waals surface area contributed by atoms with Gasteiger partial charge in [0.2, 0.25) is 5.89 Å². The third-order valence-electron chi connectivity index (χ3n) is 3.27. The minimum Gasteiger partial charge on any atom is -0.493 e. The van der Waals surface area contributed by atoms with E-state index in [1.54, 1.807) is 19.2 Å². The van der Waals surface area contributed by atoms with Crippen LogP contribution in [0.15, 0.2) is 40.8 Å². The first-order chi connectivity index (χ1) is 11.2. The first kappa shape index (κ1) is 15.4. The molecule has 3 rings (SSSR count). The highest BCUT2D eigenvalue weighted by atomic mass is 35.5. The molecule has 3 aromatic rings. The number of oxazole rings is 1. The summed E-state index contributed by atoms with van der Waals surface area (Å²) in [4.78, 5) is 4.38. The Balaban J connectivity index is 1.86. The highest BCUT2D eigenvalue weighted by Gasteiger charge is 2.05. The molecule has 0 N–H and O–H groups in total. The van der Waals surface area contributed by atoms with Crippen molar-refractivity contribution in [3.05, 3.63) is 52.9 Å². The molecule has 0 bridgehead atoms. The molecule has 0 radical (unpaired) electrons. The second-order valence-corrected chi connectivity index (χ2v) is 5.28. The fourth-order valence-electron chi connectivity index (χ4n) is 2.22. The molecule has 118 valence electrons. The van der Waals surface area contributed by atoms with E-state index in [1.807, 2.05) is 43.3 Å². The first-order valence-corrected chi connectivity index (χ1v) is 7.62. The molecule has 0 aliphatic carbocycles. The fraction of sp³-hybridized carbons (Fsp3) is 0.167. The van der Waals surface area contributed by atoms with Crippen molar-refractivity contribution < 1.29 is 13.9 Å². The predicted octanol–water partition coefficient (Wildman–Crippen LogP) is 5.06. The third-order valence-corrected chi connectivity index (χ3v) is 3.51. The Hall–Kier alpha value is -2.46. The Kier molecular flexibility index (Phi) is 4.53. The summed E-state index contributed by atoms with van der Waals surface area (Å²) in [5.41, 5.74) is 2.41. The highest BCUT2D eigenvalue weighted by molar-refractivity contribution is 6.31. The lowest BCUT2D eigenvalue weighted by Gasteiger charge is -2.09. The molecule has 1 heterocycles. The van der Waals surface area contributed by atoms with Crippen molar-refractivity contribution in [2.24, 2.45) is 0 Å². The largest absolute Gasteiger partial charge is 0.493 e. The Labute approximate surface area is 139 Å². The van der Waals surface area contributed by atoms with Crippen LogP contribution in [-0.2, 0) is 0 Å². The molecule has 0 fully saturated rings. The molecule has 2 aromatic carbocycles. The van der Waals surface area contributed by atoms with E-state index in [2.05, 4.69) is 4.98 Å². The fourth-order valence-corrected chi connectivity index (χ4v) is 2.39. The van der Waals surface area contributed by atoms with E-state index in [4.69, 9.17) is 25.5 Å². The Morgan fingerprint density at radius 1 is 1.13 bits per heavy atom. The molecular formula is C18H16ClNO3. The summed E-state index contributed by atoms with van der Waals surface area (Å²) >= 11 is 5.95. The van der Waals surface area contributed by atoms with Gasteiger partial charge < -0.3 is 13.9 Å². The van der Waals surface area contributed by atoms with Gasteiger partial charge in [-0.1, -0.05) is 17.7 Å². The summed E-state index contributed by atoms with van der Waals surface area (Å²) < 4.78 is 16.5. The van der Waals surface area contributed by atoms with Crippen molar-refractivity contribution in [1.29, 1.82) is 0 Å². The maximum absolute atomic E-state index is 5.95. The molecule has 0 atom stereocenters. The van der Waals surface area contributed by atoms with E-state index in [0.717, 1.165) is 16.8 Å². The number of rotatable bonds is 5. The summed E-state index contributed by atoms with van der Waals surface area (Å²) in [7, 11) is 1.62. The average Bonchev–Trinajstić information content (AvgIpc) is 2.96. The van der Waals surface area contributed by atoms with E-state index in [9.17, 15) is 0 Å². The van der Waals surface area contributed by atoms with Gasteiger partial charge in [0.25, 0.3) is 0 Å². The number of hydrogen-bond donors (Lipinski definition) is 0. The van der Waals surface area contributed by atoms with Crippen LogP contribution in [0, 0.1) is 0 Å². The normalized spacial score (nSPS) is 11.3. The van der Waals surface area contributed by atoms with Crippen molar-refractivity contribution in [3.63, 3.8) is 0 Å². The van der Waals surface area contributed by atoms with Crippen molar-refractivity contribution in [2.75, 3.05) is 13.7 Å². The smallest absolute Gasteiger partial charge is 0.220 e. The van der Waals surface area contributed by atoms with E-state index in [-0.39, 0.29) is 0 Å². The molecule has 0 saturated heterocycles. The van der Waals surface area contributed by atoms with Gasteiger partial charge in [-0.2, -0.15) is 0 Å². The minimum atomic E-state index is 0.523.